The normalized spacial score (nSPS) is 22.4. The molecule has 6 rings (SSSR count). The van der Waals surface area contributed by atoms with Crippen molar-refractivity contribution in [1.29, 1.82) is 0 Å². The fourth-order valence-corrected chi connectivity index (χ4v) is 9.10. The zero-order valence-corrected chi connectivity index (χ0v) is 24.3. The standard InChI is InChI=1S/C28H37N5O2S2/c1-15(2)23-24-18(5)26(21-11-20-10-19(21)12-32(20)8-7-9-37(6,34)35)36-28(24)31-25(23)22-13-33-27(29-14-30-33)17(4)16(22)3/h13-15,19-21,31H,7-12H2,1-6H3/t19-,20-,21+/m0/s1. The molecule has 198 valence electrons. The van der Waals surface area contributed by atoms with Crippen molar-refractivity contribution in [2.45, 2.75) is 71.8 Å². The van der Waals surface area contributed by atoms with E-state index in [1.165, 1.54) is 62.8 Å². The quantitative estimate of drug-likeness (QED) is 0.331. The number of fused-ring (bicyclic) bond motifs is 4. The molecule has 0 amide bonds. The van der Waals surface area contributed by atoms with E-state index in [9.17, 15) is 8.42 Å². The smallest absolute Gasteiger partial charge is 0.158 e. The fourth-order valence-electron chi connectivity index (χ4n) is 7.02. The summed E-state index contributed by atoms with van der Waals surface area (Å²) in [5.74, 6) is 1.97. The maximum Gasteiger partial charge on any atom is 0.158 e. The van der Waals surface area contributed by atoms with E-state index < -0.39 is 9.84 Å². The molecular formula is C28H37N5O2S2. The molecule has 7 nitrogen and oxygen atoms in total. The van der Waals surface area contributed by atoms with E-state index in [1.54, 1.807) is 11.2 Å². The summed E-state index contributed by atoms with van der Waals surface area (Å²) in [6.07, 6.45) is 8.27. The minimum absolute atomic E-state index is 0.294. The summed E-state index contributed by atoms with van der Waals surface area (Å²) in [5, 5.41) is 5.84. The van der Waals surface area contributed by atoms with Gasteiger partial charge in [0.2, 0.25) is 0 Å². The average Bonchev–Trinajstić information content (AvgIpc) is 3.62. The highest BCUT2D eigenvalue weighted by atomic mass is 32.2. The van der Waals surface area contributed by atoms with Gasteiger partial charge in [0.1, 0.15) is 21.0 Å². The molecule has 1 saturated heterocycles. The Bertz CT molecular complexity index is 1610. The van der Waals surface area contributed by atoms with Gasteiger partial charge in [0.25, 0.3) is 0 Å². The number of piperidine rings is 1. The second-order valence-electron chi connectivity index (χ2n) is 11.7. The molecule has 4 aromatic heterocycles. The van der Waals surface area contributed by atoms with Crippen LogP contribution < -0.4 is 0 Å². The van der Waals surface area contributed by atoms with Gasteiger partial charge in [-0.1, -0.05) is 13.8 Å². The maximum absolute atomic E-state index is 11.5. The summed E-state index contributed by atoms with van der Waals surface area (Å²) in [4.78, 5) is 13.7. The van der Waals surface area contributed by atoms with Crippen molar-refractivity contribution >= 4 is 37.0 Å². The predicted molar refractivity (Wildman–Crippen MR) is 152 cm³/mol. The largest absolute Gasteiger partial charge is 0.346 e. The summed E-state index contributed by atoms with van der Waals surface area (Å²) in [6, 6.07) is 0.592. The van der Waals surface area contributed by atoms with Crippen LogP contribution in [0.1, 0.15) is 72.1 Å². The SMILES string of the molecule is Cc1c(-c2[nH]c3sc([C@@H]4C[C@@H]5C[C@H]4CN5CCCS(C)(=O)=O)c(C)c3c2C(C)C)cn2ncnc2c1C. The molecule has 0 aromatic carbocycles. The van der Waals surface area contributed by atoms with Crippen molar-refractivity contribution in [2.24, 2.45) is 5.92 Å². The van der Waals surface area contributed by atoms with Crippen LogP contribution in [-0.4, -0.2) is 64.0 Å². The van der Waals surface area contributed by atoms with Gasteiger partial charge in [-0.3, -0.25) is 0 Å². The lowest BCUT2D eigenvalue weighted by atomic mass is 9.88. The number of rotatable bonds is 7. The number of sulfone groups is 1. The number of nitrogens with one attached hydrogen (secondary N) is 1. The number of hydrogen-bond acceptors (Lipinski definition) is 6. The van der Waals surface area contributed by atoms with Gasteiger partial charge in [-0.25, -0.2) is 17.9 Å². The first kappa shape index (κ1) is 25.1. The van der Waals surface area contributed by atoms with Gasteiger partial charge < -0.3 is 9.88 Å². The van der Waals surface area contributed by atoms with Crippen LogP contribution in [0.4, 0.5) is 0 Å². The molecule has 1 N–H and O–H groups in total. The minimum Gasteiger partial charge on any atom is -0.346 e. The highest BCUT2D eigenvalue weighted by molar-refractivity contribution is 7.90. The van der Waals surface area contributed by atoms with Crippen molar-refractivity contribution in [3.8, 4) is 11.3 Å². The highest BCUT2D eigenvalue weighted by Gasteiger charge is 2.46. The molecule has 2 fully saturated rings. The monoisotopic (exact) mass is 539 g/mol. The van der Waals surface area contributed by atoms with E-state index in [0.29, 0.717) is 29.5 Å². The second kappa shape index (κ2) is 8.92. The molecule has 1 saturated carbocycles. The van der Waals surface area contributed by atoms with Gasteiger partial charge in [0, 0.05) is 40.9 Å². The first-order chi connectivity index (χ1) is 17.5. The van der Waals surface area contributed by atoms with Crippen LogP contribution in [-0.2, 0) is 9.84 Å². The molecule has 5 heterocycles. The molecule has 9 heteroatoms. The highest BCUT2D eigenvalue weighted by Crippen LogP contribution is 2.53. The Labute approximate surface area is 223 Å². The minimum atomic E-state index is -2.88. The third-order valence-corrected chi connectivity index (χ3v) is 11.3. The van der Waals surface area contributed by atoms with Crippen LogP contribution in [0, 0.1) is 26.7 Å². The molecule has 2 bridgehead atoms. The van der Waals surface area contributed by atoms with Crippen molar-refractivity contribution < 1.29 is 8.42 Å². The van der Waals surface area contributed by atoms with E-state index in [0.717, 1.165) is 25.2 Å². The summed E-state index contributed by atoms with van der Waals surface area (Å²) in [6.45, 7) is 13.2. The van der Waals surface area contributed by atoms with Crippen molar-refractivity contribution in [2.75, 3.05) is 25.1 Å². The Hall–Kier alpha value is -2.23. The van der Waals surface area contributed by atoms with Gasteiger partial charge in [-0.2, -0.15) is 5.10 Å². The first-order valence-corrected chi connectivity index (χ1v) is 16.3. The van der Waals surface area contributed by atoms with Crippen LogP contribution in [0.3, 0.4) is 0 Å². The Morgan fingerprint density at radius 1 is 1.16 bits per heavy atom. The van der Waals surface area contributed by atoms with Crippen LogP contribution in [0.2, 0.25) is 0 Å². The van der Waals surface area contributed by atoms with Gasteiger partial charge in [-0.15, -0.1) is 11.3 Å². The molecule has 1 aliphatic carbocycles. The number of thiophene rings is 1. The van der Waals surface area contributed by atoms with E-state index in [4.69, 9.17) is 0 Å². The van der Waals surface area contributed by atoms with E-state index in [2.05, 4.69) is 60.8 Å². The predicted octanol–water partition coefficient (Wildman–Crippen LogP) is 5.60. The summed E-state index contributed by atoms with van der Waals surface area (Å²) in [7, 11) is -2.88. The molecule has 0 radical (unpaired) electrons. The molecular weight excluding hydrogens is 502 g/mol. The Morgan fingerprint density at radius 3 is 2.62 bits per heavy atom. The number of aromatic amines is 1. The van der Waals surface area contributed by atoms with Gasteiger partial charge in [0.05, 0.1) is 11.4 Å². The number of hydrogen-bond donors (Lipinski definition) is 1. The lowest BCUT2D eigenvalue weighted by molar-refractivity contribution is 0.201. The lowest BCUT2D eigenvalue weighted by Gasteiger charge is -2.31. The van der Waals surface area contributed by atoms with Crippen molar-refractivity contribution in [3.63, 3.8) is 0 Å². The van der Waals surface area contributed by atoms with E-state index in [-0.39, 0.29) is 0 Å². The molecule has 1 aliphatic heterocycles. The number of pyridine rings is 1. The van der Waals surface area contributed by atoms with Crippen LogP contribution in [0.5, 0.6) is 0 Å². The second-order valence-corrected chi connectivity index (χ2v) is 15.0. The van der Waals surface area contributed by atoms with Crippen molar-refractivity contribution in [1.82, 2.24) is 24.5 Å². The Balaban J connectivity index is 1.32. The zero-order valence-electron chi connectivity index (χ0n) is 22.6. The van der Waals surface area contributed by atoms with Crippen molar-refractivity contribution in [3.05, 3.63) is 39.7 Å². The zero-order chi connectivity index (χ0) is 26.2. The number of likely N-dealkylation sites (tertiary alicyclic amines) is 1. The number of nitrogens with zero attached hydrogens (tertiary/aromatic N) is 4. The molecule has 2 aliphatic rings. The molecule has 37 heavy (non-hydrogen) atoms. The average molecular weight is 540 g/mol. The van der Waals surface area contributed by atoms with Crippen LogP contribution in [0.25, 0.3) is 27.1 Å². The summed E-state index contributed by atoms with van der Waals surface area (Å²) in [5.41, 5.74) is 8.61. The maximum atomic E-state index is 11.5. The summed E-state index contributed by atoms with van der Waals surface area (Å²) < 4.78 is 25.0. The third kappa shape index (κ3) is 4.14. The number of aromatic nitrogens is 4. The number of H-pyrrole nitrogens is 1. The van der Waals surface area contributed by atoms with Crippen LogP contribution in [0.15, 0.2) is 12.5 Å². The fraction of sp³-hybridized carbons (Fsp3) is 0.571. The van der Waals surface area contributed by atoms with Gasteiger partial charge in [-0.05, 0) is 86.6 Å². The third-order valence-electron chi connectivity index (χ3n) is 8.89. The van der Waals surface area contributed by atoms with E-state index >= 15 is 0 Å². The molecule has 0 spiro atoms. The van der Waals surface area contributed by atoms with Crippen LogP contribution >= 0.6 is 11.3 Å². The molecule has 3 atom stereocenters. The molecule has 4 aromatic rings. The first-order valence-electron chi connectivity index (χ1n) is 13.4. The Kier molecular flexibility index (Phi) is 6.04. The number of aryl methyl sites for hydroxylation is 2. The van der Waals surface area contributed by atoms with Gasteiger partial charge in [0.15, 0.2) is 5.65 Å². The van der Waals surface area contributed by atoms with Gasteiger partial charge >= 0.3 is 0 Å². The lowest BCUT2D eigenvalue weighted by Crippen LogP contribution is -2.36. The summed E-state index contributed by atoms with van der Waals surface area (Å²) >= 11 is 1.96. The topological polar surface area (TPSA) is 83.4 Å². The Morgan fingerprint density at radius 2 is 1.95 bits per heavy atom. The molecule has 0 unspecified atom stereocenters. The van der Waals surface area contributed by atoms with E-state index in [1.807, 2.05) is 15.9 Å².